The molecular formula is C12H12N8O2. The number of nitrogens with one attached hydrogen (secondary N) is 3. The van der Waals surface area contributed by atoms with Gasteiger partial charge in [-0.3, -0.25) is 14.6 Å². The van der Waals surface area contributed by atoms with Gasteiger partial charge in [0.05, 0.1) is 6.67 Å². The lowest BCUT2D eigenvalue weighted by Gasteiger charge is -2.04. The Kier molecular flexibility index (Phi) is 4.28. The number of hydrogen-bond donors (Lipinski definition) is 3. The minimum absolute atomic E-state index is 0.0799. The number of rotatable bonds is 5. The molecule has 3 N–H and O–H groups in total. The Hall–Kier alpha value is -3.48. The SMILES string of the molecule is [C-]#[N+]c1ccc(-n2nnc(C(=O)NCNC(=O)C(=C)C)n2)[nH]1. The van der Waals surface area contributed by atoms with Gasteiger partial charge in [0, 0.05) is 5.57 Å². The van der Waals surface area contributed by atoms with Gasteiger partial charge in [0.15, 0.2) is 0 Å². The lowest BCUT2D eigenvalue weighted by molar-refractivity contribution is -0.117. The Bertz CT molecular complexity index is 766. The highest BCUT2D eigenvalue weighted by Gasteiger charge is 2.15. The van der Waals surface area contributed by atoms with Crippen molar-refractivity contribution in [3.8, 4) is 5.82 Å². The van der Waals surface area contributed by atoms with Gasteiger partial charge < -0.3 is 15.5 Å². The monoisotopic (exact) mass is 300 g/mol. The number of H-pyrrole nitrogens is 1. The van der Waals surface area contributed by atoms with Crippen LogP contribution >= 0.6 is 0 Å². The van der Waals surface area contributed by atoms with Crippen LogP contribution in [0.3, 0.4) is 0 Å². The van der Waals surface area contributed by atoms with Crippen LogP contribution < -0.4 is 10.6 Å². The van der Waals surface area contributed by atoms with E-state index in [9.17, 15) is 9.59 Å². The van der Waals surface area contributed by atoms with Crippen LogP contribution in [0.4, 0.5) is 5.82 Å². The molecule has 0 fully saturated rings. The molecule has 2 heterocycles. The normalized spacial score (nSPS) is 9.82. The molecule has 10 nitrogen and oxygen atoms in total. The molecule has 0 bridgehead atoms. The van der Waals surface area contributed by atoms with Gasteiger partial charge in [0.1, 0.15) is 0 Å². The number of carbonyl (C=O) groups is 2. The van der Waals surface area contributed by atoms with Gasteiger partial charge in [0.25, 0.3) is 11.7 Å². The number of aromatic amines is 1. The predicted molar refractivity (Wildman–Crippen MR) is 75.1 cm³/mol. The Morgan fingerprint density at radius 3 is 2.86 bits per heavy atom. The van der Waals surface area contributed by atoms with Crippen molar-refractivity contribution in [3.05, 3.63) is 41.5 Å². The van der Waals surface area contributed by atoms with Gasteiger partial charge in [-0.15, -0.1) is 10.2 Å². The molecule has 0 aliphatic rings. The second-order valence-corrected chi connectivity index (χ2v) is 4.21. The fraction of sp³-hybridized carbons (Fsp3) is 0.167. The molecule has 0 aromatic carbocycles. The number of nitrogens with zero attached hydrogens (tertiary/aromatic N) is 5. The zero-order valence-corrected chi connectivity index (χ0v) is 11.6. The molecule has 0 unspecified atom stereocenters. The first-order valence-corrected chi connectivity index (χ1v) is 6.10. The smallest absolute Gasteiger partial charge is 0.294 e. The first kappa shape index (κ1) is 14.9. The predicted octanol–water partition coefficient (Wildman–Crippen LogP) is -0.0792. The zero-order valence-electron chi connectivity index (χ0n) is 11.6. The van der Waals surface area contributed by atoms with E-state index in [4.69, 9.17) is 6.57 Å². The first-order chi connectivity index (χ1) is 10.5. The van der Waals surface area contributed by atoms with Gasteiger partial charge >= 0.3 is 0 Å². The summed E-state index contributed by atoms with van der Waals surface area (Å²) in [5.74, 6) is -0.391. The third-order valence-corrected chi connectivity index (χ3v) is 2.49. The topological polar surface area (TPSA) is 122 Å². The van der Waals surface area contributed by atoms with Crippen molar-refractivity contribution < 1.29 is 9.59 Å². The molecular weight excluding hydrogens is 288 g/mol. The van der Waals surface area contributed by atoms with E-state index in [2.05, 4.69) is 42.5 Å². The summed E-state index contributed by atoms with van der Waals surface area (Å²) in [7, 11) is 0. The second kappa shape index (κ2) is 6.31. The van der Waals surface area contributed by atoms with Crippen LogP contribution in [0, 0.1) is 6.57 Å². The highest BCUT2D eigenvalue weighted by atomic mass is 16.2. The number of tetrazole rings is 1. The molecule has 0 atom stereocenters. The molecule has 10 heteroatoms. The first-order valence-electron chi connectivity index (χ1n) is 6.10. The third kappa shape index (κ3) is 3.34. The summed E-state index contributed by atoms with van der Waals surface area (Å²) in [6.07, 6.45) is 0. The maximum absolute atomic E-state index is 11.8. The molecule has 112 valence electrons. The van der Waals surface area contributed by atoms with Crippen molar-refractivity contribution in [1.82, 2.24) is 35.8 Å². The summed E-state index contributed by atoms with van der Waals surface area (Å²) in [6, 6.07) is 3.14. The standard InChI is InChI=1S/C12H12N8O2/c1-7(2)11(21)14-6-15-12(22)10-17-19-20(18-10)9-5-4-8(13-3)16-9/h4-5,16H,1,6H2,2H3,(H,14,21)(H,15,22). The Morgan fingerprint density at radius 2 is 2.23 bits per heavy atom. The molecule has 2 rings (SSSR count). The van der Waals surface area contributed by atoms with Crippen LogP contribution in [0.5, 0.6) is 0 Å². The Balaban J connectivity index is 1.96. The molecule has 22 heavy (non-hydrogen) atoms. The van der Waals surface area contributed by atoms with Crippen LogP contribution in [0.15, 0.2) is 24.3 Å². The van der Waals surface area contributed by atoms with Crippen molar-refractivity contribution in [2.45, 2.75) is 6.92 Å². The summed E-state index contributed by atoms with van der Waals surface area (Å²) >= 11 is 0. The Morgan fingerprint density at radius 1 is 1.45 bits per heavy atom. The van der Waals surface area contributed by atoms with E-state index in [0.717, 1.165) is 4.80 Å². The van der Waals surface area contributed by atoms with Gasteiger partial charge in [0.2, 0.25) is 17.5 Å². The molecule has 0 radical (unpaired) electrons. The fourth-order valence-corrected chi connectivity index (χ4v) is 1.40. The second-order valence-electron chi connectivity index (χ2n) is 4.21. The van der Waals surface area contributed by atoms with Crippen molar-refractivity contribution >= 4 is 17.6 Å². The van der Waals surface area contributed by atoms with E-state index in [1.54, 1.807) is 19.1 Å². The molecule has 0 aliphatic heterocycles. The molecule has 2 aromatic rings. The quantitative estimate of drug-likeness (QED) is 0.405. The van der Waals surface area contributed by atoms with Gasteiger partial charge in [-0.1, -0.05) is 17.9 Å². The van der Waals surface area contributed by atoms with Crippen molar-refractivity contribution in [2.75, 3.05) is 6.67 Å². The van der Waals surface area contributed by atoms with E-state index in [1.807, 2.05) is 0 Å². The number of amides is 2. The minimum Gasteiger partial charge on any atom is -0.364 e. The van der Waals surface area contributed by atoms with Crippen LogP contribution in [-0.4, -0.2) is 43.7 Å². The van der Waals surface area contributed by atoms with Crippen molar-refractivity contribution in [1.29, 1.82) is 0 Å². The molecule has 0 spiro atoms. The summed E-state index contributed by atoms with van der Waals surface area (Å²) in [5.41, 5.74) is 0.334. The van der Waals surface area contributed by atoms with Crippen LogP contribution in [0.2, 0.25) is 0 Å². The van der Waals surface area contributed by atoms with Gasteiger partial charge in [-0.25, -0.2) is 0 Å². The van der Waals surface area contributed by atoms with Crippen LogP contribution in [-0.2, 0) is 4.79 Å². The maximum atomic E-state index is 11.8. The fourth-order valence-electron chi connectivity index (χ4n) is 1.40. The summed E-state index contributed by atoms with van der Waals surface area (Å²) in [4.78, 5) is 30.1. The molecule has 2 aromatic heterocycles. The van der Waals surface area contributed by atoms with Crippen LogP contribution in [0.25, 0.3) is 10.7 Å². The highest BCUT2D eigenvalue weighted by Crippen LogP contribution is 2.12. The van der Waals surface area contributed by atoms with E-state index in [1.165, 1.54) is 0 Å². The molecule has 0 saturated heterocycles. The Labute approximate surface area is 125 Å². The van der Waals surface area contributed by atoms with E-state index < -0.39 is 5.91 Å². The highest BCUT2D eigenvalue weighted by molar-refractivity contribution is 5.93. The maximum Gasteiger partial charge on any atom is 0.294 e. The van der Waals surface area contributed by atoms with Gasteiger partial charge in [-0.05, 0) is 24.3 Å². The average molecular weight is 300 g/mol. The molecule has 0 aliphatic carbocycles. The lowest BCUT2D eigenvalue weighted by atomic mass is 10.3. The summed E-state index contributed by atoms with van der Waals surface area (Å²) in [6.45, 7) is 11.8. The number of hydrogen-bond acceptors (Lipinski definition) is 5. The van der Waals surface area contributed by atoms with Gasteiger partial charge in [-0.2, -0.15) is 0 Å². The molecule has 2 amide bonds. The van der Waals surface area contributed by atoms with E-state index >= 15 is 0 Å². The lowest BCUT2D eigenvalue weighted by Crippen LogP contribution is -2.37. The van der Waals surface area contributed by atoms with E-state index in [0.29, 0.717) is 17.2 Å². The zero-order chi connectivity index (χ0) is 16.1. The largest absolute Gasteiger partial charge is 0.364 e. The number of aromatic nitrogens is 5. The third-order valence-electron chi connectivity index (χ3n) is 2.49. The number of carbonyl (C=O) groups excluding carboxylic acids is 2. The van der Waals surface area contributed by atoms with Crippen LogP contribution in [0.1, 0.15) is 17.5 Å². The van der Waals surface area contributed by atoms with E-state index in [-0.39, 0.29) is 18.4 Å². The summed E-state index contributed by atoms with van der Waals surface area (Å²) in [5, 5.41) is 16.0. The van der Waals surface area contributed by atoms with Crippen molar-refractivity contribution in [2.24, 2.45) is 0 Å². The summed E-state index contributed by atoms with van der Waals surface area (Å²) < 4.78 is 0. The minimum atomic E-state index is -0.592. The van der Waals surface area contributed by atoms with Crippen molar-refractivity contribution in [3.63, 3.8) is 0 Å². The average Bonchev–Trinajstić information content (AvgIpc) is 3.15. The molecule has 0 saturated carbocycles.